The Kier molecular flexibility index (Phi) is 7.38. The molecule has 0 aliphatic carbocycles. The molecular weight excluding hydrogens is 484 g/mol. The highest BCUT2D eigenvalue weighted by atomic mass is 15.1. The van der Waals surface area contributed by atoms with Gasteiger partial charge in [0.1, 0.15) is 0 Å². The van der Waals surface area contributed by atoms with E-state index in [0.29, 0.717) is 0 Å². The number of hydrogen-bond donors (Lipinski definition) is 0. The van der Waals surface area contributed by atoms with Crippen molar-refractivity contribution in [3.8, 4) is 11.8 Å². The molecule has 0 bridgehead atoms. The molecule has 2 heteroatoms. The van der Waals surface area contributed by atoms with E-state index in [9.17, 15) is 0 Å². The third-order valence-corrected chi connectivity index (χ3v) is 6.68. The first kappa shape index (κ1) is 24.8. The van der Waals surface area contributed by atoms with Crippen LogP contribution < -0.4 is 9.80 Å². The standard InChI is InChI=1S/C38H28N2/c1-5-19-33(20-6-1)39(34-21-7-2-8-22-34)37-27-15-13-17-31(37)29-30-32-18-14-16-28-38(32)40(35-23-9-3-10-24-35)36-25-11-4-12-26-36/h1-28H. The third-order valence-electron chi connectivity index (χ3n) is 6.68. The summed E-state index contributed by atoms with van der Waals surface area (Å²) in [7, 11) is 0. The molecule has 6 aromatic carbocycles. The first-order chi connectivity index (χ1) is 19.9. The Morgan fingerprint density at radius 2 is 0.525 bits per heavy atom. The minimum absolute atomic E-state index is 0.955. The second kappa shape index (κ2) is 11.9. The van der Waals surface area contributed by atoms with E-state index in [1.807, 2.05) is 36.4 Å². The monoisotopic (exact) mass is 512 g/mol. The fraction of sp³-hybridized carbons (Fsp3) is 0. The maximum atomic E-state index is 3.53. The molecule has 2 nitrogen and oxygen atoms in total. The van der Waals surface area contributed by atoms with Gasteiger partial charge in [-0.05, 0) is 72.8 Å². The summed E-state index contributed by atoms with van der Waals surface area (Å²) >= 11 is 0. The van der Waals surface area contributed by atoms with Gasteiger partial charge >= 0.3 is 0 Å². The highest BCUT2D eigenvalue weighted by Crippen LogP contribution is 2.37. The molecule has 0 N–H and O–H groups in total. The second-order valence-corrected chi connectivity index (χ2v) is 9.30. The number of nitrogens with zero attached hydrogens (tertiary/aromatic N) is 2. The van der Waals surface area contributed by atoms with Crippen LogP contribution in [0.25, 0.3) is 0 Å². The van der Waals surface area contributed by atoms with E-state index in [4.69, 9.17) is 0 Å². The average molecular weight is 513 g/mol. The van der Waals surface area contributed by atoms with Gasteiger partial charge in [0.15, 0.2) is 0 Å². The largest absolute Gasteiger partial charge is 0.309 e. The minimum Gasteiger partial charge on any atom is -0.309 e. The Balaban J connectivity index is 1.47. The van der Waals surface area contributed by atoms with Gasteiger partial charge in [-0.3, -0.25) is 0 Å². The average Bonchev–Trinajstić information content (AvgIpc) is 3.04. The molecule has 0 amide bonds. The zero-order valence-corrected chi connectivity index (χ0v) is 22.1. The lowest BCUT2D eigenvalue weighted by molar-refractivity contribution is 1.27. The molecule has 190 valence electrons. The summed E-state index contributed by atoms with van der Waals surface area (Å²) < 4.78 is 0. The molecule has 0 saturated carbocycles. The summed E-state index contributed by atoms with van der Waals surface area (Å²) in [6.45, 7) is 0. The Morgan fingerprint density at radius 1 is 0.275 bits per heavy atom. The van der Waals surface area contributed by atoms with Crippen LogP contribution in [0.5, 0.6) is 0 Å². The van der Waals surface area contributed by atoms with Crippen LogP contribution in [-0.2, 0) is 0 Å². The van der Waals surface area contributed by atoms with E-state index in [1.165, 1.54) is 0 Å². The summed E-state index contributed by atoms with van der Waals surface area (Å²) in [4.78, 5) is 4.52. The molecule has 0 aromatic heterocycles. The topological polar surface area (TPSA) is 6.48 Å². The molecule has 0 heterocycles. The number of para-hydroxylation sites is 6. The lowest BCUT2D eigenvalue weighted by atomic mass is 10.1. The minimum atomic E-state index is 0.955. The first-order valence-electron chi connectivity index (χ1n) is 13.4. The second-order valence-electron chi connectivity index (χ2n) is 9.30. The molecule has 0 unspecified atom stereocenters. The number of benzene rings is 6. The van der Waals surface area contributed by atoms with Crippen LogP contribution in [0.1, 0.15) is 11.1 Å². The Morgan fingerprint density at radius 3 is 0.825 bits per heavy atom. The van der Waals surface area contributed by atoms with E-state index < -0.39 is 0 Å². The van der Waals surface area contributed by atoms with Crippen molar-refractivity contribution in [2.24, 2.45) is 0 Å². The van der Waals surface area contributed by atoms with Gasteiger partial charge in [0, 0.05) is 33.9 Å². The predicted molar refractivity (Wildman–Crippen MR) is 168 cm³/mol. The van der Waals surface area contributed by atoms with Crippen molar-refractivity contribution in [1.82, 2.24) is 0 Å². The third kappa shape index (κ3) is 5.36. The van der Waals surface area contributed by atoms with Gasteiger partial charge < -0.3 is 9.80 Å². The van der Waals surface area contributed by atoms with Crippen molar-refractivity contribution in [2.45, 2.75) is 0 Å². The molecule has 0 aliphatic heterocycles. The molecular formula is C38H28N2. The van der Waals surface area contributed by atoms with Crippen molar-refractivity contribution in [3.05, 3.63) is 181 Å². The van der Waals surface area contributed by atoms with E-state index in [2.05, 4.69) is 155 Å². The Bertz CT molecular complexity index is 1530. The molecule has 0 fully saturated rings. The Hall–Kier alpha value is -5.52. The van der Waals surface area contributed by atoms with Crippen LogP contribution in [-0.4, -0.2) is 0 Å². The van der Waals surface area contributed by atoms with Crippen molar-refractivity contribution in [2.75, 3.05) is 9.80 Å². The van der Waals surface area contributed by atoms with Crippen molar-refractivity contribution < 1.29 is 0 Å². The summed E-state index contributed by atoms with van der Waals surface area (Å²) in [6.07, 6.45) is 0. The van der Waals surface area contributed by atoms with Crippen LogP contribution in [0.15, 0.2) is 170 Å². The van der Waals surface area contributed by atoms with Gasteiger partial charge in [0.25, 0.3) is 0 Å². The number of hydrogen-bond acceptors (Lipinski definition) is 2. The van der Waals surface area contributed by atoms with Gasteiger partial charge in [-0.25, -0.2) is 0 Å². The molecule has 0 radical (unpaired) electrons. The van der Waals surface area contributed by atoms with Crippen LogP contribution >= 0.6 is 0 Å². The smallest absolute Gasteiger partial charge is 0.0618 e. The van der Waals surface area contributed by atoms with Crippen LogP contribution in [0.2, 0.25) is 0 Å². The lowest BCUT2D eigenvalue weighted by Gasteiger charge is -2.27. The maximum absolute atomic E-state index is 3.53. The summed E-state index contributed by atoms with van der Waals surface area (Å²) in [5.41, 5.74) is 8.32. The molecule has 6 rings (SSSR count). The summed E-state index contributed by atoms with van der Waals surface area (Å²) in [5, 5.41) is 0. The van der Waals surface area contributed by atoms with Gasteiger partial charge in [-0.15, -0.1) is 0 Å². The molecule has 0 atom stereocenters. The summed E-state index contributed by atoms with van der Waals surface area (Å²) in [6, 6.07) is 58.4. The summed E-state index contributed by atoms with van der Waals surface area (Å²) in [5.74, 6) is 7.06. The van der Waals surface area contributed by atoms with E-state index in [1.54, 1.807) is 0 Å². The predicted octanol–water partition coefficient (Wildman–Crippen LogP) is 10.0. The SMILES string of the molecule is C(#Cc1ccccc1N(c1ccccc1)c1ccccc1)c1ccccc1N(c1ccccc1)c1ccccc1. The molecule has 40 heavy (non-hydrogen) atoms. The van der Waals surface area contributed by atoms with E-state index in [0.717, 1.165) is 45.3 Å². The lowest BCUT2D eigenvalue weighted by Crippen LogP contribution is -2.11. The van der Waals surface area contributed by atoms with Crippen molar-refractivity contribution in [3.63, 3.8) is 0 Å². The fourth-order valence-electron chi connectivity index (χ4n) is 4.85. The van der Waals surface area contributed by atoms with Crippen LogP contribution in [0.3, 0.4) is 0 Å². The molecule has 0 saturated heterocycles. The normalized spacial score (nSPS) is 10.3. The first-order valence-corrected chi connectivity index (χ1v) is 13.4. The van der Waals surface area contributed by atoms with E-state index in [-0.39, 0.29) is 0 Å². The molecule has 0 aliphatic rings. The van der Waals surface area contributed by atoms with Crippen LogP contribution in [0.4, 0.5) is 34.1 Å². The van der Waals surface area contributed by atoms with Crippen molar-refractivity contribution >= 4 is 34.1 Å². The van der Waals surface area contributed by atoms with Crippen molar-refractivity contribution in [1.29, 1.82) is 0 Å². The van der Waals surface area contributed by atoms with Gasteiger partial charge in [-0.1, -0.05) is 109 Å². The zero-order chi connectivity index (χ0) is 27.0. The van der Waals surface area contributed by atoms with Gasteiger partial charge in [-0.2, -0.15) is 0 Å². The highest BCUT2D eigenvalue weighted by Gasteiger charge is 2.16. The number of rotatable bonds is 6. The Labute approximate surface area is 236 Å². The maximum Gasteiger partial charge on any atom is 0.0618 e. The van der Waals surface area contributed by atoms with Gasteiger partial charge in [0.2, 0.25) is 0 Å². The fourth-order valence-corrected chi connectivity index (χ4v) is 4.85. The zero-order valence-electron chi connectivity index (χ0n) is 22.1. The molecule has 0 spiro atoms. The number of anilines is 6. The van der Waals surface area contributed by atoms with E-state index >= 15 is 0 Å². The van der Waals surface area contributed by atoms with Gasteiger partial charge in [0.05, 0.1) is 11.4 Å². The quantitative estimate of drug-likeness (QED) is 0.205. The highest BCUT2D eigenvalue weighted by molar-refractivity contribution is 5.82. The molecule has 6 aromatic rings. The van der Waals surface area contributed by atoms with Crippen LogP contribution in [0, 0.1) is 11.8 Å².